The Bertz CT molecular complexity index is 541. The molecule has 6 heteroatoms. The third-order valence-corrected chi connectivity index (χ3v) is 4.85. The molecule has 2 unspecified atom stereocenters. The molecule has 0 radical (unpaired) electrons. The average molecular weight is 328 g/mol. The summed E-state index contributed by atoms with van der Waals surface area (Å²) in [7, 11) is 0. The summed E-state index contributed by atoms with van der Waals surface area (Å²) in [6.45, 7) is 0. The van der Waals surface area contributed by atoms with Gasteiger partial charge in [-0.25, -0.2) is 0 Å². The molecule has 1 aromatic heterocycles. The van der Waals surface area contributed by atoms with Crippen LogP contribution in [0.5, 0.6) is 0 Å². The molecule has 1 fully saturated rings. The van der Waals surface area contributed by atoms with Gasteiger partial charge in [-0.3, -0.25) is 9.59 Å². The van der Waals surface area contributed by atoms with E-state index in [4.69, 9.17) is 11.6 Å². The summed E-state index contributed by atoms with van der Waals surface area (Å²) in [4.78, 5) is 24.1. The molecule has 2 atom stereocenters. The van der Waals surface area contributed by atoms with E-state index in [9.17, 15) is 14.7 Å². The van der Waals surface area contributed by atoms with Crippen molar-refractivity contribution < 1.29 is 14.7 Å². The zero-order valence-corrected chi connectivity index (χ0v) is 13.1. The van der Waals surface area contributed by atoms with Crippen molar-refractivity contribution in [2.75, 3.05) is 0 Å². The Kier molecular flexibility index (Phi) is 5.82. The number of rotatable bonds is 4. The van der Waals surface area contributed by atoms with Gasteiger partial charge in [-0.1, -0.05) is 30.9 Å². The topological polar surface area (TPSA) is 66.4 Å². The number of carboxylic acids is 1. The Labute approximate surface area is 132 Å². The summed E-state index contributed by atoms with van der Waals surface area (Å²) < 4.78 is 0.671. The van der Waals surface area contributed by atoms with Gasteiger partial charge in [-0.05, 0) is 31.1 Å². The lowest BCUT2D eigenvalue weighted by molar-refractivity contribution is -0.143. The van der Waals surface area contributed by atoms with Crippen molar-refractivity contribution in [1.82, 2.24) is 5.32 Å². The average Bonchev–Trinajstić information content (AvgIpc) is 2.70. The van der Waals surface area contributed by atoms with E-state index in [2.05, 4.69) is 5.32 Å². The summed E-state index contributed by atoms with van der Waals surface area (Å²) in [6, 6.07) is 3.33. The zero-order valence-electron chi connectivity index (χ0n) is 11.5. The highest BCUT2D eigenvalue weighted by Crippen LogP contribution is 2.24. The van der Waals surface area contributed by atoms with Gasteiger partial charge in [0, 0.05) is 17.0 Å². The van der Waals surface area contributed by atoms with E-state index in [1.165, 1.54) is 17.4 Å². The van der Waals surface area contributed by atoms with Crippen LogP contribution < -0.4 is 5.32 Å². The third-order valence-electron chi connectivity index (χ3n) is 3.65. The first-order chi connectivity index (χ1) is 10.1. The number of carbonyl (C=O) groups excluding carboxylic acids is 1. The van der Waals surface area contributed by atoms with Crippen LogP contribution >= 0.6 is 22.9 Å². The molecular weight excluding hydrogens is 310 g/mol. The van der Waals surface area contributed by atoms with Crippen molar-refractivity contribution in [3.8, 4) is 0 Å². The normalized spacial score (nSPS) is 22.9. The van der Waals surface area contributed by atoms with Crippen molar-refractivity contribution >= 4 is 40.9 Å². The predicted octanol–water partition coefficient (Wildman–Crippen LogP) is 3.56. The monoisotopic (exact) mass is 327 g/mol. The highest BCUT2D eigenvalue weighted by molar-refractivity contribution is 7.17. The molecule has 1 aromatic rings. The fraction of sp³-hybridized carbons (Fsp3) is 0.467. The first kappa shape index (κ1) is 16.0. The van der Waals surface area contributed by atoms with E-state index in [1.54, 1.807) is 12.1 Å². The van der Waals surface area contributed by atoms with Gasteiger partial charge in [0.1, 0.15) is 0 Å². The van der Waals surface area contributed by atoms with E-state index in [0.717, 1.165) is 30.6 Å². The molecule has 4 nitrogen and oxygen atoms in total. The molecule has 114 valence electrons. The summed E-state index contributed by atoms with van der Waals surface area (Å²) in [5, 5.41) is 12.1. The Hall–Kier alpha value is -1.33. The van der Waals surface area contributed by atoms with Gasteiger partial charge in [0.05, 0.1) is 10.3 Å². The summed E-state index contributed by atoms with van der Waals surface area (Å²) >= 11 is 7.21. The quantitative estimate of drug-likeness (QED) is 0.656. The fourth-order valence-electron chi connectivity index (χ4n) is 2.58. The highest BCUT2D eigenvalue weighted by Gasteiger charge is 2.30. The second kappa shape index (κ2) is 7.61. The molecule has 2 rings (SSSR count). The van der Waals surface area contributed by atoms with Crippen molar-refractivity contribution in [2.45, 2.75) is 38.1 Å². The number of aliphatic carboxylic acids is 1. The number of carboxylic acid groups (broad SMARTS) is 1. The summed E-state index contributed by atoms with van der Waals surface area (Å²) in [5.74, 6) is -1.56. The van der Waals surface area contributed by atoms with Crippen LogP contribution in [0.15, 0.2) is 18.2 Å². The molecule has 2 N–H and O–H groups in total. The number of amides is 1. The fourth-order valence-corrected chi connectivity index (χ4v) is 3.55. The number of carbonyl (C=O) groups is 2. The molecule has 0 bridgehead atoms. The Morgan fingerprint density at radius 1 is 1.29 bits per heavy atom. The Morgan fingerprint density at radius 2 is 2.05 bits per heavy atom. The largest absolute Gasteiger partial charge is 0.481 e. The minimum atomic E-state index is -0.823. The predicted molar refractivity (Wildman–Crippen MR) is 84.5 cm³/mol. The third kappa shape index (κ3) is 4.86. The number of hydrogen-bond donors (Lipinski definition) is 2. The van der Waals surface area contributed by atoms with Crippen LogP contribution in [-0.4, -0.2) is 23.0 Å². The molecule has 1 saturated carbocycles. The number of nitrogens with one attached hydrogen (secondary N) is 1. The molecular formula is C15H18ClNO3S. The van der Waals surface area contributed by atoms with Gasteiger partial charge in [-0.2, -0.15) is 0 Å². The lowest BCUT2D eigenvalue weighted by Crippen LogP contribution is -2.42. The lowest BCUT2D eigenvalue weighted by Gasteiger charge is -2.22. The molecule has 1 heterocycles. The molecule has 0 aliphatic heterocycles. The molecule has 0 aromatic carbocycles. The maximum absolute atomic E-state index is 12.0. The number of halogens is 1. The van der Waals surface area contributed by atoms with Crippen LogP contribution in [0.4, 0.5) is 0 Å². The van der Waals surface area contributed by atoms with Gasteiger partial charge in [0.15, 0.2) is 0 Å². The first-order valence-corrected chi connectivity index (χ1v) is 8.22. The minimum Gasteiger partial charge on any atom is -0.481 e. The zero-order chi connectivity index (χ0) is 15.2. The molecule has 1 aliphatic rings. The van der Waals surface area contributed by atoms with E-state index < -0.39 is 11.9 Å². The minimum absolute atomic E-state index is 0.252. The van der Waals surface area contributed by atoms with Crippen LogP contribution in [0.2, 0.25) is 4.34 Å². The lowest BCUT2D eigenvalue weighted by atomic mass is 9.95. The maximum atomic E-state index is 12.0. The van der Waals surface area contributed by atoms with Gasteiger partial charge in [-0.15, -0.1) is 11.3 Å². The smallest absolute Gasteiger partial charge is 0.308 e. The van der Waals surface area contributed by atoms with Crippen molar-refractivity contribution in [3.63, 3.8) is 0 Å². The van der Waals surface area contributed by atoms with Crippen molar-refractivity contribution in [3.05, 3.63) is 27.4 Å². The van der Waals surface area contributed by atoms with Crippen LogP contribution in [0, 0.1) is 5.92 Å². The van der Waals surface area contributed by atoms with Crippen molar-refractivity contribution in [1.29, 1.82) is 0 Å². The van der Waals surface area contributed by atoms with Gasteiger partial charge >= 0.3 is 5.97 Å². The Balaban J connectivity index is 1.96. The second-order valence-corrected chi connectivity index (χ2v) is 6.92. The van der Waals surface area contributed by atoms with E-state index >= 15 is 0 Å². The summed E-state index contributed by atoms with van der Waals surface area (Å²) in [5.41, 5.74) is 0. The van der Waals surface area contributed by atoms with Crippen LogP contribution in [0.3, 0.4) is 0 Å². The van der Waals surface area contributed by atoms with Gasteiger partial charge in [0.25, 0.3) is 0 Å². The molecule has 0 spiro atoms. The van der Waals surface area contributed by atoms with Crippen LogP contribution in [0.1, 0.15) is 37.0 Å². The molecule has 0 saturated heterocycles. The van der Waals surface area contributed by atoms with Crippen LogP contribution in [-0.2, 0) is 9.59 Å². The van der Waals surface area contributed by atoms with Gasteiger partial charge in [0.2, 0.25) is 5.91 Å². The standard InChI is InChI=1S/C15H18ClNO3S/c16-13-8-6-10(21-13)7-9-14(18)17-12-5-3-1-2-4-11(12)15(19)20/h6-9,11-12H,1-5H2,(H,17,18)(H,19,20)/b9-7+. The van der Waals surface area contributed by atoms with Crippen molar-refractivity contribution in [2.24, 2.45) is 5.92 Å². The number of thiophene rings is 1. The molecule has 1 aliphatic carbocycles. The number of hydrogen-bond acceptors (Lipinski definition) is 3. The van der Waals surface area contributed by atoms with E-state index in [0.29, 0.717) is 10.8 Å². The van der Waals surface area contributed by atoms with E-state index in [1.807, 2.05) is 6.07 Å². The summed E-state index contributed by atoms with van der Waals surface area (Å²) in [6.07, 6.45) is 7.38. The Morgan fingerprint density at radius 3 is 2.71 bits per heavy atom. The molecule has 1 amide bonds. The van der Waals surface area contributed by atoms with Gasteiger partial charge < -0.3 is 10.4 Å². The SMILES string of the molecule is O=C(/C=C/c1ccc(Cl)s1)NC1CCCCCC1C(=O)O. The second-order valence-electron chi connectivity index (χ2n) is 5.17. The molecule has 21 heavy (non-hydrogen) atoms. The van der Waals surface area contributed by atoms with Crippen LogP contribution in [0.25, 0.3) is 6.08 Å². The van der Waals surface area contributed by atoms with E-state index in [-0.39, 0.29) is 11.9 Å². The maximum Gasteiger partial charge on any atom is 0.308 e. The highest BCUT2D eigenvalue weighted by atomic mass is 35.5. The first-order valence-electron chi connectivity index (χ1n) is 7.03.